The second kappa shape index (κ2) is 13.8. The Kier molecular flexibility index (Phi) is 10.2. The summed E-state index contributed by atoms with van der Waals surface area (Å²) >= 11 is 10.9. The fraction of sp³-hybridized carbons (Fsp3) is 0.290. The molecule has 11 heteroatoms. The van der Waals surface area contributed by atoms with E-state index in [1.54, 1.807) is 23.1 Å². The van der Waals surface area contributed by atoms with Crippen LogP contribution in [0.5, 0.6) is 5.75 Å². The first-order valence-corrected chi connectivity index (χ1v) is 14.4. The molecule has 7 nitrogen and oxygen atoms in total. The summed E-state index contributed by atoms with van der Waals surface area (Å²) in [5.41, 5.74) is 6.09. The molecule has 0 atom stereocenters. The average Bonchev–Trinajstić information content (AvgIpc) is 3.41. The van der Waals surface area contributed by atoms with Gasteiger partial charge in [0.05, 0.1) is 5.69 Å². The lowest BCUT2D eigenvalue weighted by atomic mass is 9.99. The van der Waals surface area contributed by atoms with E-state index in [1.807, 2.05) is 12.1 Å². The van der Waals surface area contributed by atoms with E-state index < -0.39 is 6.11 Å². The van der Waals surface area contributed by atoms with Gasteiger partial charge in [0, 0.05) is 24.7 Å². The topological polar surface area (TPSA) is 76.0 Å². The Morgan fingerprint density at radius 3 is 2.38 bits per heavy atom. The number of halogens is 2. The number of hydrogen-bond acceptors (Lipinski definition) is 5. The highest BCUT2D eigenvalue weighted by Crippen LogP contribution is 2.25. The zero-order valence-electron chi connectivity index (χ0n) is 23.9. The van der Waals surface area contributed by atoms with Gasteiger partial charge in [0.1, 0.15) is 12.1 Å². The van der Waals surface area contributed by atoms with Crippen LogP contribution in [0.15, 0.2) is 73.1 Å². The molecule has 0 aliphatic rings. The van der Waals surface area contributed by atoms with Crippen molar-refractivity contribution >= 4 is 40.3 Å². The zero-order chi connectivity index (χ0) is 30.3. The minimum Gasteiger partial charge on any atom is -0.433 e. The first-order chi connectivity index (χ1) is 20.0. The lowest BCUT2D eigenvalue weighted by molar-refractivity contribution is -0.158. The first kappa shape index (κ1) is 31.0. The van der Waals surface area contributed by atoms with Crippen molar-refractivity contribution in [1.29, 1.82) is 0 Å². The Bertz CT molecular complexity index is 1520. The Morgan fingerprint density at radius 1 is 1.00 bits per heavy atom. The predicted octanol–water partition coefficient (Wildman–Crippen LogP) is 7.15. The number of alkyl halides is 2. The van der Waals surface area contributed by atoms with Crippen LogP contribution in [0.2, 0.25) is 0 Å². The number of anilines is 1. The molecular formula is C31H34F2N6OS2. The van der Waals surface area contributed by atoms with Gasteiger partial charge in [0.15, 0.2) is 16.0 Å². The van der Waals surface area contributed by atoms with Crippen molar-refractivity contribution in [3.8, 4) is 22.8 Å². The minimum absolute atomic E-state index is 0.0780. The van der Waals surface area contributed by atoms with Crippen LogP contribution in [0.3, 0.4) is 0 Å². The monoisotopic (exact) mass is 608 g/mol. The van der Waals surface area contributed by atoms with Gasteiger partial charge in [-0.3, -0.25) is 0 Å². The van der Waals surface area contributed by atoms with Crippen LogP contribution in [0.4, 0.5) is 14.5 Å². The van der Waals surface area contributed by atoms with Crippen molar-refractivity contribution in [2.75, 3.05) is 11.9 Å². The summed E-state index contributed by atoms with van der Waals surface area (Å²) in [7, 11) is 0. The number of rotatable bonds is 10. The Balaban J connectivity index is 1.22. The largest absolute Gasteiger partial charge is 0.433 e. The maximum absolute atomic E-state index is 13.0. The molecule has 0 amide bonds. The standard InChI is InChI=1S/C31H34F2N6OS2/c1-20(2)26-16-7-21(3)18-27(26)36-30(42)37-29(41)34-17-5-6-22-8-10-23(11-9-22)28-35-19-39(38-28)24-12-14-25(15-13-24)40-31(4,32)33/h7-16,18-20H,5-6,17H2,1-4H3,(H3,34,36,37,41,42). The van der Waals surface area contributed by atoms with Gasteiger partial charge in [-0.25, -0.2) is 9.67 Å². The molecule has 3 N–H and O–H groups in total. The lowest BCUT2D eigenvalue weighted by Crippen LogP contribution is -2.41. The molecule has 0 saturated carbocycles. The van der Waals surface area contributed by atoms with Gasteiger partial charge in [0.2, 0.25) is 0 Å². The van der Waals surface area contributed by atoms with Gasteiger partial charge in [-0.15, -0.1) is 5.10 Å². The van der Waals surface area contributed by atoms with Crippen molar-refractivity contribution in [3.05, 3.63) is 89.7 Å². The SMILES string of the molecule is Cc1ccc(C(C)C)c(NC(=S)NC(=S)NCCCc2ccc(-c3ncn(-c4ccc(OC(C)(F)F)cc4)n3)cc2)c1. The highest BCUT2D eigenvalue weighted by molar-refractivity contribution is 7.82. The average molecular weight is 609 g/mol. The van der Waals surface area contributed by atoms with E-state index in [9.17, 15) is 8.78 Å². The molecule has 4 rings (SSSR count). The third-order valence-corrected chi connectivity index (χ3v) is 6.79. The van der Waals surface area contributed by atoms with Crippen LogP contribution in [0.25, 0.3) is 17.1 Å². The maximum Gasteiger partial charge on any atom is 0.394 e. The van der Waals surface area contributed by atoms with E-state index in [-0.39, 0.29) is 5.75 Å². The molecule has 0 fully saturated rings. The van der Waals surface area contributed by atoms with Gasteiger partial charge >= 0.3 is 6.11 Å². The summed E-state index contributed by atoms with van der Waals surface area (Å²) in [5.74, 6) is 1.01. The molecule has 0 aliphatic carbocycles. The number of nitrogens with one attached hydrogen (secondary N) is 3. The number of benzene rings is 3. The second-order valence-corrected chi connectivity index (χ2v) is 11.1. The molecule has 1 aromatic heterocycles. The van der Waals surface area contributed by atoms with Crippen LogP contribution in [-0.2, 0) is 6.42 Å². The van der Waals surface area contributed by atoms with E-state index in [0.717, 1.165) is 29.7 Å². The van der Waals surface area contributed by atoms with Gasteiger partial charge in [-0.2, -0.15) is 8.78 Å². The van der Waals surface area contributed by atoms with Gasteiger partial charge < -0.3 is 20.7 Å². The van der Waals surface area contributed by atoms with Crippen molar-refractivity contribution in [3.63, 3.8) is 0 Å². The van der Waals surface area contributed by atoms with Crippen molar-refractivity contribution in [2.24, 2.45) is 0 Å². The van der Waals surface area contributed by atoms with Crippen LogP contribution < -0.4 is 20.7 Å². The van der Waals surface area contributed by atoms with Crippen LogP contribution in [0.1, 0.15) is 49.8 Å². The summed E-state index contributed by atoms with van der Waals surface area (Å²) in [6.07, 6.45) is 0.0991. The normalized spacial score (nSPS) is 11.3. The Labute approximate surface area is 255 Å². The van der Waals surface area contributed by atoms with E-state index in [1.165, 1.54) is 23.3 Å². The van der Waals surface area contributed by atoms with Crippen molar-refractivity contribution in [1.82, 2.24) is 25.4 Å². The van der Waals surface area contributed by atoms with Crippen molar-refractivity contribution < 1.29 is 13.5 Å². The summed E-state index contributed by atoms with van der Waals surface area (Å²) in [4.78, 5) is 4.39. The predicted molar refractivity (Wildman–Crippen MR) is 172 cm³/mol. The van der Waals surface area contributed by atoms with Crippen LogP contribution >= 0.6 is 24.4 Å². The molecule has 3 aromatic carbocycles. The number of ether oxygens (including phenoxy) is 1. The quantitative estimate of drug-likeness (QED) is 0.129. The third-order valence-electron chi connectivity index (χ3n) is 6.34. The molecule has 0 unspecified atom stereocenters. The Hall–Kier alpha value is -3.96. The number of hydrogen-bond donors (Lipinski definition) is 3. The maximum atomic E-state index is 13.0. The molecular weight excluding hydrogens is 575 g/mol. The number of nitrogens with zero attached hydrogens (tertiary/aromatic N) is 3. The fourth-order valence-corrected chi connectivity index (χ4v) is 4.77. The van der Waals surface area contributed by atoms with Crippen LogP contribution in [-0.4, -0.2) is 37.6 Å². The second-order valence-electron chi connectivity index (χ2n) is 10.3. The van der Waals surface area contributed by atoms with Gasteiger partial charge in [0.25, 0.3) is 0 Å². The minimum atomic E-state index is -3.24. The lowest BCUT2D eigenvalue weighted by Gasteiger charge is -2.17. The highest BCUT2D eigenvalue weighted by atomic mass is 32.1. The van der Waals surface area contributed by atoms with Gasteiger partial charge in [-0.1, -0.05) is 50.2 Å². The molecule has 0 bridgehead atoms. The first-order valence-electron chi connectivity index (χ1n) is 13.6. The van der Waals surface area contributed by atoms with E-state index in [2.05, 4.69) is 81.9 Å². The molecule has 1 heterocycles. The molecule has 0 aliphatic heterocycles. The van der Waals surface area contributed by atoms with Crippen LogP contribution in [0, 0.1) is 6.92 Å². The molecule has 42 heavy (non-hydrogen) atoms. The highest BCUT2D eigenvalue weighted by Gasteiger charge is 2.23. The Morgan fingerprint density at radius 2 is 1.71 bits per heavy atom. The van der Waals surface area contributed by atoms with Crippen molar-refractivity contribution in [2.45, 2.75) is 52.6 Å². The molecule has 220 valence electrons. The zero-order valence-corrected chi connectivity index (χ0v) is 25.6. The summed E-state index contributed by atoms with van der Waals surface area (Å²) in [6.45, 7) is 7.75. The van der Waals surface area contributed by atoms with E-state index >= 15 is 0 Å². The van der Waals surface area contributed by atoms with Gasteiger partial charge in [-0.05, 0) is 97.1 Å². The van der Waals surface area contributed by atoms with E-state index in [4.69, 9.17) is 24.4 Å². The summed E-state index contributed by atoms with van der Waals surface area (Å²) < 4.78 is 32.3. The summed E-state index contributed by atoms with van der Waals surface area (Å²) in [5, 5.41) is 15.0. The molecule has 0 saturated heterocycles. The number of aryl methyl sites for hydroxylation is 2. The smallest absolute Gasteiger partial charge is 0.394 e. The third kappa shape index (κ3) is 9.02. The fourth-order valence-electron chi connectivity index (χ4n) is 4.29. The summed E-state index contributed by atoms with van der Waals surface area (Å²) in [6, 6.07) is 20.6. The number of aromatic nitrogens is 3. The number of thiocarbonyl (C=S) groups is 2. The molecule has 0 radical (unpaired) electrons. The molecule has 0 spiro atoms. The van der Waals surface area contributed by atoms with E-state index in [0.29, 0.717) is 41.1 Å². The molecule has 4 aromatic rings.